The average molecular weight is 155 g/mol. The van der Waals surface area contributed by atoms with Gasteiger partial charge in [-0.15, -0.1) is 0 Å². The topological polar surface area (TPSA) is 96.7 Å². The van der Waals surface area contributed by atoms with Gasteiger partial charge in [0.05, 0.1) is 6.04 Å². The first kappa shape index (κ1) is 7.67. The molecule has 0 saturated carbocycles. The number of amides is 1. The van der Waals surface area contributed by atoms with Gasteiger partial charge in [0.25, 0.3) is 0 Å². The van der Waals surface area contributed by atoms with Crippen molar-refractivity contribution in [3.05, 3.63) is 6.33 Å². The van der Waals surface area contributed by atoms with Crippen LogP contribution in [-0.4, -0.2) is 27.1 Å². The second-order valence-corrected chi connectivity index (χ2v) is 2.11. The van der Waals surface area contributed by atoms with E-state index in [1.54, 1.807) is 6.92 Å². The molecule has 1 rings (SSSR count). The fourth-order valence-electron chi connectivity index (χ4n) is 0.496. The molecule has 60 valence electrons. The molecule has 1 aromatic heterocycles. The summed E-state index contributed by atoms with van der Waals surface area (Å²) in [7, 11) is 0. The van der Waals surface area contributed by atoms with Gasteiger partial charge in [-0.2, -0.15) is 10.1 Å². The number of rotatable bonds is 2. The number of anilines is 1. The minimum Gasteiger partial charge on any atom is -0.320 e. The molecule has 1 unspecified atom stereocenters. The molecular weight excluding hydrogens is 146 g/mol. The lowest BCUT2D eigenvalue weighted by atomic mass is 10.3. The predicted octanol–water partition coefficient (Wildman–Crippen LogP) is -0.910. The molecule has 1 atom stereocenters. The van der Waals surface area contributed by atoms with E-state index in [-0.39, 0.29) is 5.91 Å². The Morgan fingerprint density at radius 3 is 3.09 bits per heavy atom. The van der Waals surface area contributed by atoms with Gasteiger partial charge in [0.1, 0.15) is 6.33 Å². The van der Waals surface area contributed by atoms with E-state index in [0.717, 1.165) is 0 Å². The summed E-state index contributed by atoms with van der Waals surface area (Å²) in [5, 5.41) is 8.45. The summed E-state index contributed by atoms with van der Waals surface area (Å²) >= 11 is 0. The minimum absolute atomic E-state index is 0.290. The number of hydrogen-bond donors (Lipinski definition) is 3. The zero-order chi connectivity index (χ0) is 8.27. The molecule has 0 aliphatic heterocycles. The smallest absolute Gasteiger partial charge is 0.243 e. The Morgan fingerprint density at radius 1 is 1.91 bits per heavy atom. The average Bonchev–Trinajstić information content (AvgIpc) is 2.39. The van der Waals surface area contributed by atoms with Crippen molar-refractivity contribution in [1.82, 2.24) is 15.2 Å². The molecule has 0 aromatic carbocycles. The first-order chi connectivity index (χ1) is 5.20. The zero-order valence-corrected chi connectivity index (χ0v) is 6.03. The summed E-state index contributed by atoms with van der Waals surface area (Å²) < 4.78 is 0. The molecule has 0 bridgehead atoms. The third kappa shape index (κ3) is 2.01. The highest BCUT2D eigenvalue weighted by atomic mass is 16.2. The van der Waals surface area contributed by atoms with Crippen LogP contribution in [0.1, 0.15) is 6.92 Å². The van der Waals surface area contributed by atoms with E-state index in [1.165, 1.54) is 6.33 Å². The van der Waals surface area contributed by atoms with Crippen LogP contribution >= 0.6 is 0 Å². The third-order valence-electron chi connectivity index (χ3n) is 1.07. The van der Waals surface area contributed by atoms with E-state index in [4.69, 9.17) is 5.73 Å². The standard InChI is InChI=1S/C5H9N5O/c1-3(6)4(11)9-5-7-2-8-10-5/h2-3H,6H2,1H3,(H2,7,8,9,10,11). The Kier molecular flexibility index (Phi) is 2.17. The molecule has 1 heterocycles. The number of H-pyrrole nitrogens is 1. The first-order valence-electron chi connectivity index (χ1n) is 3.12. The molecule has 0 spiro atoms. The van der Waals surface area contributed by atoms with Gasteiger partial charge in [-0.25, -0.2) is 5.10 Å². The van der Waals surface area contributed by atoms with E-state index >= 15 is 0 Å². The lowest BCUT2D eigenvalue weighted by Gasteiger charge is -2.02. The Labute approximate surface area is 63.2 Å². The number of aromatic nitrogens is 3. The Balaban J connectivity index is 2.50. The van der Waals surface area contributed by atoms with Gasteiger partial charge in [0, 0.05) is 0 Å². The van der Waals surface area contributed by atoms with Gasteiger partial charge in [-0.1, -0.05) is 0 Å². The molecule has 11 heavy (non-hydrogen) atoms. The van der Waals surface area contributed by atoms with Crippen molar-refractivity contribution in [3.63, 3.8) is 0 Å². The Morgan fingerprint density at radius 2 is 2.64 bits per heavy atom. The van der Waals surface area contributed by atoms with Crippen LogP contribution in [0.3, 0.4) is 0 Å². The van der Waals surface area contributed by atoms with E-state index in [9.17, 15) is 4.79 Å². The normalized spacial score (nSPS) is 12.5. The predicted molar refractivity (Wildman–Crippen MR) is 38.7 cm³/mol. The number of nitrogens with two attached hydrogens (primary N) is 1. The highest BCUT2D eigenvalue weighted by Crippen LogP contribution is 1.92. The fraction of sp³-hybridized carbons (Fsp3) is 0.400. The lowest BCUT2D eigenvalue weighted by Crippen LogP contribution is -2.32. The van der Waals surface area contributed by atoms with Crippen LogP contribution in [0.2, 0.25) is 0 Å². The van der Waals surface area contributed by atoms with Crippen molar-refractivity contribution < 1.29 is 4.79 Å². The van der Waals surface area contributed by atoms with E-state index in [0.29, 0.717) is 5.95 Å². The maximum Gasteiger partial charge on any atom is 0.243 e. The maximum absolute atomic E-state index is 10.9. The van der Waals surface area contributed by atoms with Crippen LogP contribution in [0, 0.1) is 0 Å². The summed E-state index contributed by atoms with van der Waals surface area (Å²) in [6.45, 7) is 1.59. The molecule has 0 radical (unpaired) electrons. The minimum atomic E-state index is -0.542. The molecule has 0 fully saturated rings. The Bertz CT molecular complexity index is 229. The van der Waals surface area contributed by atoms with Gasteiger partial charge in [-0.05, 0) is 6.92 Å². The molecule has 6 nitrogen and oxygen atoms in total. The second-order valence-electron chi connectivity index (χ2n) is 2.11. The van der Waals surface area contributed by atoms with Crippen molar-refractivity contribution in [2.24, 2.45) is 5.73 Å². The van der Waals surface area contributed by atoms with Crippen molar-refractivity contribution in [2.75, 3.05) is 5.32 Å². The van der Waals surface area contributed by atoms with Gasteiger partial charge in [-0.3, -0.25) is 10.1 Å². The highest BCUT2D eigenvalue weighted by Gasteiger charge is 2.07. The monoisotopic (exact) mass is 155 g/mol. The maximum atomic E-state index is 10.9. The van der Waals surface area contributed by atoms with Crippen molar-refractivity contribution >= 4 is 11.9 Å². The summed E-state index contributed by atoms with van der Waals surface area (Å²) in [6, 6.07) is -0.542. The quantitative estimate of drug-likeness (QED) is 0.515. The summed E-state index contributed by atoms with van der Waals surface area (Å²) in [5.41, 5.74) is 5.28. The lowest BCUT2D eigenvalue weighted by molar-refractivity contribution is -0.117. The molecule has 1 aromatic rings. The van der Waals surface area contributed by atoms with Gasteiger partial charge in [0.2, 0.25) is 11.9 Å². The number of hydrogen-bond acceptors (Lipinski definition) is 4. The Hall–Kier alpha value is -1.43. The number of aromatic amines is 1. The van der Waals surface area contributed by atoms with Crippen molar-refractivity contribution in [2.45, 2.75) is 13.0 Å². The van der Waals surface area contributed by atoms with Crippen LogP contribution in [0.4, 0.5) is 5.95 Å². The van der Waals surface area contributed by atoms with Crippen LogP contribution in [0.5, 0.6) is 0 Å². The van der Waals surface area contributed by atoms with Crippen LogP contribution in [0.25, 0.3) is 0 Å². The first-order valence-corrected chi connectivity index (χ1v) is 3.12. The van der Waals surface area contributed by atoms with E-state index < -0.39 is 6.04 Å². The number of carbonyl (C=O) groups is 1. The molecule has 0 aliphatic carbocycles. The van der Waals surface area contributed by atoms with Gasteiger partial charge < -0.3 is 5.73 Å². The van der Waals surface area contributed by atoms with E-state index in [1.807, 2.05) is 0 Å². The van der Waals surface area contributed by atoms with Gasteiger partial charge >= 0.3 is 0 Å². The fourth-order valence-corrected chi connectivity index (χ4v) is 0.496. The number of nitrogens with zero attached hydrogens (tertiary/aromatic N) is 2. The summed E-state index contributed by atoms with van der Waals surface area (Å²) in [6.07, 6.45) is 1.30. The largest absolute Gasteiger partial charge is 0.320 e. The second kappa shape index (κ2) is 3.11. The van der Waals surface area contributed by atoms with Crippen molar-refractivity contribution in [1.29, 1.82) is 0 Å². The number of carbonyl (C=O) groups excluding carboxylic acids is 1. The van der Waals surface area contributed by atoms with Crippen LogP contribution in [-0.2, 0) is 4.79 Å². The van der Waals surface area contributed by atoms with E-state index in [2.05, 4.69) is 20.5 Å². The summed E-state index contributed by atoms with van der Waals surface area (Å²) in [5.74, 6) is 0.0223. The number of nitrogens with one attached hydrogen (secondary N) is 2. The van der Waals surface area contributed by atoms with Gasteiger partial charge in [0.15, 0.2) is 0 Å². The SMILES string of the molecule is CC(N)C(=O)Nc1ncn[nH]1. The molecule has 4 N–H and O–H groups in total. The van der Waals surface area contributed by atoms with Crippen LogP contribution < -0.4 is 11.1 Å². The highest BCUT2D eigenvalue weighted by molar-refractivity contribution is 5.92. The third-order valence-corrected chi connectivity index (χ3v) is 1.07. The van der Waals surface area contributed by atoms with Crippen LogP contribution in [0.15, 0.2) is 6.33 Å². The molecular formula is C5H9N5O. The zero-order valence-electron chi connectivity index (χ0n) is 6.03. The molecule has 1 amide bonds. The summed E-state index contributed by atoms with van der Waals surface area (Å²) in [4.78, 5) is 14.6. The van der Waals surface area contributed by atoms with Crippen molar-refractivity contribution in [3.8, 4) is 0 Å². The molecule has 0 aliphatic rings. The molecule has 0 saturated heterocycles. The molecule has 6 heteroatoms.